The fourth-order valence-corrected chi connectivity index (χ4v) is 2.15. The molecular weight excluding hydrogens is 332 g/mol. The number of methoxy groups -OCH3 is 1. The molecule has 0 saturated carbocycles. The van der Waals surface area contributed by atoms with Crippen LogP contribution in [0.5, 0.6) is 11.5 Å². The van der Waals surface area contributed by atoms with Gasteiger partial charge in [-0.25, -0.2) is 4.79 Å². The lowest BCUT2D eigenvalue weighted by molar-refractivity contribution is -0.386. The lowest BCUT2D eigenvalue weighted by Crippen LogP contribution is -2.17. The van der Waals surface area contributed by atoms with Crippen LogP contribution in [0.25, 0.3) is 0 Å². The van der Waals surface area contributed by atoms with Crippen LogP contribution < -0.4 is 5.32 Å². The Kier molecular flexibility index (Phi) is 5.18. The molecule has 0 spiro atoms. The van der Waals surface area contributed by atoms with Gasteiger partial charge in [0, 0.05) is 11.6 Å². The number of nitro benzene ring substituents is 1. The highest BCUT2D eigenvalue weighted by Crippen LogP contribution is 2.37. The SMILES string of the molecule is COC(=O)c1ccccc1NC(=O)Cc1ccc([N+](=O)[O-])c(O)c1O. The molecule has 3 N–H and O–H groups in total. The zero-order chi connectivity index (χ0) is 18.6. The summed E-state index contributed by atoms with van der Waals surface area (Å²) in [6.07, 6.45) is -0.368. The Morgan fingerprint density at radius 3 is 2.48 bits per heavy atom. The average molecular weight is 346 g/mol. The van der Waals surface area contributed by atoms with Gasteiger partial charge in [-0.1, -0.05) is 12.1 Å². The molecule has 9 heteroatoms. The number of carbonyl (C=O) groups is 2. The Hall–Kier alpha value is -3.62. The van der Waals surface area contributed by atoms with Crippen molar-refractivity contribution in [3.63, 3.8) is 0 Å². The summed E-state index contributed by atoms with van der Waals surface area (Å²) in [5, 5.41) is 32.6. The van der Waals surface area contributed by atoms with Crippen molar-refractivity contribution in [1.29, 1.82) is 0 Å². The number of nitrogens with one attached hydrogen (secondary N) is 1. The molecule has 0 aliphatic rings. The lowest BCUT2D eigenvalue weighted by Gasteiger charge is -2.10. The quantitative estimate of drug-likeness (QED) is 0.325. The van der Waals surface area contributed by atoms with E-state index in [2.05, 4.69) is 10.1 Å². The van der Waals surface area contributed by atoms with E-state index in [-0.39, 0.29) is 23.2 Å². The lowest BCUT2D eigenvalue weighted by atomic mass is 10.1. The van der Waals surface area contributed by atoms with Crippen LogP contribution in [0.1, 0.15) is 15.9 Å². The molecule has 2 aromatic carbocycles. The van der Waals surface area contributed by atoms with Crippen molar-refractivity contribution < 1.29 is 29.5 Å². The number of rotatable bonds is 5. The first kappa shape index (κ1) is 17.7. The molecule has 0 aliphatic carbocycles. The fourth-order valence-electron chi connectivity index (χ4n) is 2.15. The summed E-state index contributed by atoms with van der Waals surface area (Å²) in [6.45, 7) is 0. The molecule has 0 radical (unpaired) electrons. The molecule has 0 bridgehead atoms. The van der Waals surface area contributed by atoms with Gasteiger partial charge in [-0.05, 0) is 18.2 Å². The zero-order valence-corrected chi connectivity index (χ0v) is 13.1. The van der Waals surface area contributed by atoms with Crippen LogP contribution >= 0.6 is 0 Å². The minimum absolute atomic E-state index is 0.00357. The summed E-state index contributed by atoms with van der Waals surface area (Å²) in [5.41, 5.74) is -0.312. The van der Waals surface area contributed by atoms with Crippen LogP contribution in [-0.4, -0.2) is 34.1 Å². The number of ether oxygens (including phenoxy) is 1. The van der Waals surface area contributed by atoms with E-state index in [4.69, 9.17) is 0 Å². The molecule has 9 nitrogen and oxygen atoms in total. The van der Waals surface area contributed by atoms with Gasteiger partial charge in [0.05, 0.1) is 29.7 Å². The average Bonchev–Trinajstić information content (AvgIpc) is 2.58. The third-order valence-electron chi connectivity index (χ3n) is 3.37. The number of para-hydroxylation sites is 1. The first-order valence-electron chi connectivity index (χ1n) is 7.00. The van der Waals surface area contributed by atoms with E-state index < -0.39 is 34.0 Å². The smallest absolute Gasteiger partial charge is 0.339 e. The number of carbonyl (C=O) groups excluding carboxylic acids is 2. The molecule has 0 aromatic heterocycles. The molecule has 0 heterocycles. The minimum Gasteiger partial charge on any atom is -0.504 e. The van der Waals surface area contributed by atoms with E-state index in [1.165, 1.54) is 25.3 Å². The number of phenols is 2. The van der Waals surface area contributed by atoms with Gasteiger partial charge >= 0.3 is 11.7 Å². The van der Waals surface area contributed by atoms with Gasteiger partial charge in [0.25, 0.3) is 0 Å². The molecule has 2 aromatic rings. The number of esters is 1. The van der Waals surface area contributed by atoms with Crippen molar-refractivity contribution in [2.24, 2.45) is 0 Å². The standard InChI is InChI=1S/C16H14N2O7/c1-25-16(22)10-4-2-3-5-11(10)17-13(19)8-9-6-7-12(18(23)24)15(21)14(9)20/h2-7,20-21H,8H2,1H3,(H,17,19). The molecule has 0 atom stereocenters. The number of amides is 1. The van der Waals surface area contributed by atoms with Crippen LogP contribution in [0.15, 0.2) is 36.4 Å². The molecular formula is C16H14N2O7. The van der Waals surface area contributed by atoms with E-state index in [9.17, 15) is 29.9 Å². The summed E-state index contributed by atoms with van der Waals surface area (Å²) in [5.74, 6) is -2.89. The monoisotopic (exact) mass is 346 g/mol. The van der Waals surface area contributed by atoms with Crippen molar-refractivity contribution in [3.8, 4) is 11.5 Å². The summed E-state index contributed by atoms with van der Waals surface area (Å²) >= 11 is 0. The van der Waals surface area contributed by atoms with Crippen molar-refractivity contribution in [2.75, 3.05) is 12.4 Å². The third-order valence-corrected chi connectivity index (χ3v) is 3.37. The topological polar surface area (TPSA) is 139 Å². The van der Waals surface area contributed by atoms with Gasteiger partial charge in [0.2, 0.25) is 11.7 Å². The zero-order valence-electron chi connectivity index (χ0n) is 13.1. The minimum atomic E-state index is -0.912. The first-order valence-corrected chi connectivity index (χ1v) is 7.00. The number of aromatic hydroxyl groups is 2. The molecule has 25 heavy (non-hydrogen) atoms. The Labute approximate surface area is 141 Å². The highest BCUT2D eigenvalue weighted by molar-refractivity contribution is 6.01. The van der Waals surface area contributed by atoms with Gasteiger partial charge in [0.1, 0.15) is 0 Å². The van der Waals surface area contributed by atoms with E-state index in [0.29, 0.717) is 0 Å². The van der Waals surface area contributed by atoms with Gasteiger partial charge in [-0.15, -0.1) is 0 Å². The van der Waals surface area contributed by atoms with Gasteiger partial charge in [-0.2, -0.15) is 0 Å². The number of anilines is 1. The van der Waals surface area contributed by atoms with Crippen LogP contribution in [-0.2, 0) is 16.0 Å². The summed E-state index contributed by atoms with van der Waals surface area (Å²) in [4.78, 5) is 33.6. The maximum absolute atomic E-state index is 12.1. The molecule has 0 aliphatic heterocycles. The van der Waals surface area contributed by atoms with Crippen LogP contribution in [0, 0.1) is 10.1 Å². The van der Waals surface area contributed by atoms with Gasteiger partial charge in [0.15, 0.2) is 5.75 Å². The summed E-state index contributed by atoms with van der Waals surface area (Å²) in [7, 11) is 1.21. The number of nitro groups is 1. The van der Waals surface area contributed by atoms with E-state index >= 15 is 0 Å². The van der Waals surface area contributed by atoms with Crippen LogP contribution in [0.2, 0.25) is 0 Å². The maximum atomic E-state index is 12.1. The number of nitrogens with zero attached hydrogens (tertiary/aromatic N) is 1. The Bertz CT molecular complexity index is 848. The van der Waals surface area contributed by atoms with Crippen molar-refractivity contribution in [2.45, 2.75) is 6.42 Å². The second-order valence-corrected chi connectivity index (χ2v) is 4.96. The Balaban J connectivity index is 2.21. The van der Waals surface area contributed by atoms with Crippen molar-refractivity contribution >= 4 is 23.3 Å². The molecule has 1 amide bonds. The molecule has 0 saturated heterocycles. The fraction of sp³-hybridized carbons (Fsp3) is 0.125. The number of benzene rings is 2. The first-order chi connectivity index (χ1) is 11.8. The Morgan fingerprint density at radius 1 is 1.16 bits per heavy atom. The predicted molar refractivity (Wildman–Crippen MR) is 86.5 cm³/mol. The summed E-state index contributed by atoms with van der Waals surface area (Å²) < 4.78 is 4.62. The normalized spacial score (nSPS) is 10.1. The highest BCUT2D eigenvalue weighted by Gasteiger charge is 2.21. The molecule has 130 valence electrons. The molecule has 0 unspecified atom stereocenters. The molecule has 0 fully saturated rings. The third kappa shape index (κ3) is 3.83. The second-order valence-electron chi connectivity index (χ2n) is 4.96. The second kappa shape index (κ2) is 7.30. The van der Waals surface area contributed by atoms with E-state index in [1.54, 1.807) is 12.1 Å². The largest absolute Gasteiger partial charge is 0.504 e. The van der Waals surface area contributed by atoms with Crippen molar-refractivity contribution in [1.82, 2.24) is 0 Å². The number of hydrogen-bond donors (Lipinski definition) is 3. The van der Waals surface area contributed by atoms with E-state index in [1.807, 2.05) is 0 Å². The summed E-state index contributed by atoms with van der Waals surface area (Å²) in [6, 6.07) is 8.33. The number of phenolic OH excluding ortho intramolecular Hbond substituents is 2. The Morgan fingerprint density at radius 2 is 1.84 bits per heavy atom. The number of hydrogen-bond acceptors (Lipinski definition) is 7. The predicted octanol–water partition coefficient (Wildman–Crippen LogP) is 1.97. The van der Waals surface area contributed by atoms with Crippen LogP contribution in [0.3, 0.4) is 0 Å². The van der Waals surface area contributed by atoms with Crippen molar-refractivity contribution in [3.05, 3.63) is 57.6 Å². The van der Waals surface area contributed by atoms with E-state index in [0.717, 1.165) is 6.07 Å². The maximum Gasteiger partial charge on any atom is 0.339 e. The van der Waals surface area contributed by atoms with Crippen LogP contribution in [0.4, 0.5) is 11.4 Å². The highest BCUT2D eigenvalue weighted by atomic mass is 16.6. The molecule has 2 rings (SSSR count). The van der Waals surface area contributed by atoms with Gasteiger partial charge < -0.3 is 20.3 Å². The van der Waals surface area contributed by atoms with Gasteiger partial charge in [-0.3, -0.25) is 14.9 Å².